The normalized spacial score (nSPS) is 14.3. The van der Waals surface area contributed by atoms with E-state index < -0.39 is 91.5 Å². The first kappa shape index (κ1) is 111. The zero-order valence-electron chi connectivity index (χ0n) is 73.7. The second-order valence-corrected chi connectivity index (χ2v) is 34.7. The summed E-state index contributed by atoms with van der Waals surface area (Å²) in [6.45, 7) is 2.61. The van der Waals surface area contributed by atoms with Gasteiger partial charge in [0.2, 0.25) is 0 Å². The number of rotatable bonds is 90. The zero-order valence-corrected chi connectivity index (χ0v) is 75.5. The fourth-order valence-electron chi connectivity index (χ4n) is 13.4. The number of unbranched alkanes of at least 4 members (excludes halogenated alkanes) is 49. The maximum atomic E-state index is 13.0. The fourth-order valence-corrected chi connectivity index (χ4v) is 14.9. The predicted molar refractivity (Wildman–Crippen MR) is 482 cm³/mol. The van der Waals surface area contributed by atoms with E-state index in [2.05, 4.69) is 130 Å². The van der Waals surface area contributed by atoms with Gasteiger partial charge in [-0.3, -0.25) is 32.5 Å². The molecule has 5 unspecified atom stereocenters. The van der Waals surface area contributed by atoms with Crippen molar-refractivity contribution in [3.8, 4) is 0 Å². The number of aliphatic hydroxyl groups excluding tert-OH is 2. The van der Waals surface area contributed by atoms with E-state index in [9.17, 15) is 43.5 Å². The smallest absolute Gasteiger partial charge is 0.463 e. The lowest BCUT2D eigenvalue weighted by molar-refractivity contribution is -0.161. The van der Waals surface area contributed by atoms with E-state index in [0.717, 1.165) is 116 Å². The Morgan fingerprint density at radius 2 is 0.461 bits per heavy atom. The van der Waals surface area contributed by atoms with Gasteiger partial charge in [0.1, 0.15) is 25.4 Å². The molecule has 0 saturated carbocycles. The van der Waals surface area contributed by atoms with Crippen molar-refractivity contribution in [3.05, 3.63) is 109 Å². The number of aliphatic hydroxyl groups is 2. The maximum absolute atomic E-state index is 13.0. The summed E-state index contributed by atoms with van der Waals surface area (Å²) in [6.07, 6.45) is 109. The van der Waals surface area contributed by atoms with Gasteiger partial charge in [0.25, 0.3) is 0 Å². The molecule has 0 aliphatic heterocycles. The molecule has 0 radical (unpaired) electrons. The van der Waals surface area contributed by atoms with Crippen LogP contribution in [0.3, 0.4) is 0 Å². The molecule has 0 rings (SSSR count). The summed E-state index contributed by atoms with van der Waals surface area (Å²) in [5, 5.41) is 20.7. The van der Waals surface area contributed by atoms with Gasteiger partial charge in [0, 0.05) is 19.3 Å². The number of phosphoric acid groups is 2. The molecule has 0 bridgehead atoms. The van der Waals surface area contributed by atoms with Crippen molar-refractivity contribution < 1.29 is 75.8 Å². The first-order valence-corrected chi connectivity index (χ1v) is 50.2. The number of phosphoric ester groups is 2. The first-order valence-electron chi connectivity index (χ1n) is 47.2. The number of allylic oxidation sites excluding steroid dienone is 18. The van der Waals surface area contributed by atoms with Gasteiger partial charge in [0.15, 0.2) is 6.10 Å². The molecule has 0 heterocycles. The molecule has 0 saturated heterocycles. The van der Waals surface area contributed by atoms with Crippen molar-refractivity contribution in [2.75, 3.05) is 39.6 Å². The predicted octanol–water partition coefficient (Wildman–Crippen LogP) is 29.0. The van der Waals surface area contributed by atoms with E-state index in [-0.39, 0.29) is 19.3 Å². The Bertz CT molecular complexity index is 2520. The summed E-state index contributed by atoms with van der Waals surface area (Å²) < 4.78 is 61.3. The van der Waals surface area contributed by atoms with Crippen LogP contribution < -0.4 is 0 Å². The van der Waals surface area contributed by atoms with Crippen molar-refractivity contribution in [2.24, 2.45) is 0 Å². The first-order chi connectivity index (χ1) is 56.2. The topological polar surface area (TPSA) is 231 Å². The summed E-state index contributed by atoms with van der Waals surface area (Å²) in [7, 11) is -9.78. The second kappa shape index (κ2) is 89.5. The highest BCUT2D eigenvalue weighted by Crippen LogP contribution is 2.45. The molecule has 0 aromatic carbocycles. The molecule has 16 nitrogen and oxygen atoms in total. The standard InChI is InChI=1S/C97H174O16P2/c1-4-7-10-13-16-19-22-24-26-28-30-32-34-36-38-40-42-44-45-47-49-50-52-54-56-58-60-62-64-66-69-71-74-77-80-83-95(100)107-86-92(98)87-109-114(103,104)110-88-93(99)89-111-115(105,106)112-91-94(113-97(102)85-82-79-76-73-68-21-18-15-12-9-6-3)90-108-96(101)84-81-78-75-72-70-67-65-63-61-59-57-55-53-51-48-46-43-41-39-37-35-33-31-29-27-25-23-20-17-14-11-8-5-2/h8,11,16-17,19-20,24-27,30-33,36-39,92-94,98-99H,4-7,9-10,12-15,18,21-23,28-29,34-35,40-91H2,1-3H3,(H,103,104)(H,105,106)/b11-8-,19-16-,20-17-,26-24-,27-25-,32-30-,33-31-,38-36-,39-37-. The van der Waals surface area contributed by atoms with E-state index in [1.165, 1.54) is 257 Å². The molecule has 0 spiro atoms. The van der Waals surface area contributed by atoms with Crippen molar-refractivity contribution in [1.29, 1.82) is 0 Å². The van der Waals surface area contributed by atoms with Crippen LogP contribution in [0, 0.1) is 0 Å². The summed E-state index contributed by atoms with van der Waals surface area (Å²) in [5.41, 5.74) is 0. The number of carbonyl (C=O) groups excluding carboxylic acids is 3. The molecule has 0 aromatic heterocycles. The van der Waals surface area contributed by atoms with E-state index in [1.54, 1.807) is 0 Å². The van der Waals surface area contributed by atoms with Gasteiger partial charge in [-0.1, -0.05) is 413 Å². The third-order valence-corrected chi connectivity index (χ3v) is 22.4. The molecule has 0 aromatic rings. The van der Waals surface area contributed by atoms with Gasteiger partial charge >= 0.3 is 33.6 Å². The van der Waals surface area contributed by atoms with Crippen LogP contribution in [0.4, 0.5) is 0 Å². The van der Waals surface area contributed by atoms with Crippen LogP contribution >= 0.6 is 15.6 Å². The highest BCUT2D eigenvalue weighted by molar-refractivity contribution is 7.47. The number of hydrogen-bond acceptors (Lipinski definition) is 14. The van der Waals surface area contributed by atoms with Gasteiger partial charge in [-0.25, -0.2) is 9.13 Å². The van der Waals surface area contributed by atoms with Crippen molar-refractivity contribution >= 4 is 33.6 Å². The molecular weight excluding hydrogens is 1480 g/mol. The number of ether oxygens (including phenoxy) is 3. The zero-order chi connectivity index (χ0) is 83.6. The van der Waals surface area contributed by atoms with Gasteiger partial charge in [-0.15, -0.1) is 0 Å². The Morgan fingerprint density at radius 1 is 0.252 bits per heavy atom. The lowest BCUT2D eigenvalue weighted by atomic mass is 10.0. The number of esters is 3. The highest BCUT2D eigenvalue weighted by atomic mass is 31.2. The van der Waals surface area contributed by atoms with Crippen LogP contribution in [0.1, 0.15) is 432 Å². The lowest BCUT2D eigenvalue weighted by Gasteiger charge is -2.21. The van der Waals surface area contributed by atoms with Crippen LogP contribution in [0.2, 0.25) is 0 Å². The lowest BCUT2D eigenvalue weighted by Crippen LogP contribution is -2.30. The number of hydrogen-bond donors (Lipinski definition) is 4. The molecule has 4 N–H and O–H groups in total. The molecular formula is C97H174O16P2. The average Bonchev–Trinajstić information content (AvgIpc) is 0.899. The second-order valence-electron chi connectivity index (χ2n) is 31.8. The Morgan fingerprint density at radius 3 is 0.748 bits per heavy atom. The van der Waals surface area contributed by atoms with Gasteiger partial charge in [-0.2, -0.15) is 0 Å². The van der Waals surface area contributed by atoms with E-state index >= 15 is 0 Å². The summed E-state index contributed by atoms with van der Waals surface area (Å²) in [5.74, 6) is -1.55. The SMILES string of the molecule is CC/C=C\C/C=C\C/C=C\C/C=C\C/C=C\CCCCCCCCCCCCCCCCCCCC(=O)OCC(COP(=O)(O)OCC(O)COP(=O)(O)OCC(O)COC(=O)CCCCCCCCCCCCCCCCCCCCC/C=C\C/C=C\C/C=C\C/C=C\CCCCC)OC(=O)CCCCCCCCCCCCC. The monoisotopic (exact) mass is 1660 g/mol. The molecule has 18 heteroatoms. The maximum Gasteiger partial charge on any atom is 0.472 e. The van der Waals surface area contributed by atoms with Crippen molar-refractivity contribution in [3.63, 3.8) is 0 Å². The Balaban J connectivity index is 4.29. The van der Waals surface area contributed by atoms with Gasteiger partial charge < -0.3 is 34.2 Å². The Labute approximate surface area is 704 Å². The van der Waals surface area contributed by atoms with E-state index in [0.29, 0.717) is 19.3 Å². The van der Waals surface area contributed by atoms with E-state index in [4.69, 9.17) is 32.3 Å². The molecule has 0 aliphatic rings. The number of carbonyl (C=O) groups is 3. The molecule has 0 aliphatic carbocycles. The third-order valence-electron chi connectivity index (χ3n) is 20.5. The van der Waals surface area contributed by atoms with Crippen LogP contribution in [0.15, 0.2) is 109 Å². The summed E-state index contributed by atoms with van der Waals surface area (Å²) in [6, 6.07) is 0. The highest BCUT2D eigenvalue weighted by Gasteiger charge is 2.30. The van der Waals surface area contributed by atoms with E-state index in [1.807, 2.05) is 0 Å². The van der Waals surface area contributed by atoms with Crippen LogP contribution in [0.25, 0.3) is 0 Å². The van der Waals surface area contributed by atoms with Gasteiger partial charge in [-0.05, 0) is 109 Å². The van der Waals surface area contributed by atoms with Crippen LogP contribution in [-0.2, 0) is 55.8 Å². The molecule has 668 valence electrons. The Kier molecular flexibility index (Phi) is 86.5. The summed E-state index contributed by atoms with van der Waals surface area (Å²) in [4.78, 5) is 58.8. The van der Waals surface area contributed by atoms with Crippen LogP contribution in [-0.4, -0.2) is 95.9 Å². The summed E-state index contributed by atoms with van der Waals surface area (Å²) >= 11 is 0. The molecule has 5 atom stereocenters. The Hall–Kier alpha value is -3.79. The van der Waals surface area contributed by atoms with Crippen molar-refractivity contribution in [1.82, 2.24) is 0 Å². The minimum absolute atomic E-state index is 0.110. The molecule has 0 amide bonds. The average molecular weight is 1660 g/mol. The fraction of sp³-hybridized carbons (Fsp3) is 0.784. The largest absolute Gasteiger partial charge is 0.472 e. The van der Waals surface area contributed by atoms with Crippen LogP contribution in [0.5, 0.6) is 0 Å². The minimum atomic E-state index is -4.93. The van der Waals surface area contributed by atoms with Gasteiger partial charge in [0.05, 0.1) is 26.4 Å². The quantitative estimate of drug-likeness (QED) is 0.0146. The molecule has 115 heavy (non-hydrogen) atoms. The minimum Gasteiger partial charge on any atom is -0.463 e. The third kappa shape index (κ3) is 90.8. The molecule has 0 fully saturated rings. The van der Waals surface area contributed by atoms with Crippen molar-refractivity contribution in [2.45, 2.75) is 450 Å².